The predicted molar refractivity (Wildman–Crippen MR) is 108 cm³/mol. The first-order chi connectivity index (χ1) is 13.3. The first-order valence-electron chi connectivity index (χ1n) is 9.11. The van der Waals surface area contributed by atoms with E-state index in [9.17, 15) is 13.2 Å². The van der Waals surface area contributed by atoms with Crippen LogP contribution in [0.2, 0.25) is 10.0 Å². The van der Waals surface area contributed by atoms with Crippen molar-refractivity contribution < 1.29 is 13.2 Å². The van der Waals surface area contributed by atoms with E-state index in [-0.39, 0.29) is 27.0 Å². The molecule has 2 aromatic rings. The Morgan fingerprint density at radius 3 is 2.54 bits per heavy atom. The average Bonchev–Trinajstić information content (AvgIpc) is 3.15. The van der Waals surface area contributed by atoms with Crippen LogP contribution in [0.15, 0.2) is 29.4 Å². The molecule has 2 heterocycles. The van der Waals surface area contributed by atoms with Gasteiger partial charge in [0.25, 0.3) is 5.91 Å². The van der Waals surface area contributed by atoms with E-state index in [2.05, 4.69) is 10.4 Å². The second-order valence-corrected chi connectivity index (χ2v) is 9.33. The number of aromatic nitrogens is 2. The number of aryl methyl sites for hydroxylation is 1. The molecule has 0 aliphatic carbocycles. The normalized spacial score (nSPS) is 15.5. The Morgan fingerprint density at radius 1 is 1.18 bits per heavy atom. The summed E-state index contributed by atoms with van der Waals surface area (Å²) >= 11 is 12.3. The smallest absolute Gasteiger partial charge is 0.253 e. The Bertz CT molecular complexity index is 969. The number of benzene rings is 1. The van der Waals surface area contributed by atoms with Crippen molar-refractivity contribution >= 4 is 39.1 Å². The SMILES string of the molecule is CCn1cc(CNC(=O)c2cc(S(=O)(=O)N3CCCCC3)c(Cl)cc2Cl)cn1. The minimum absolute atomic E-state index is 0.0105. The summed E-state index contributed by atoms with van der Waals surface area (Å²) in [7, 11) is -3.78. The lowest BCUT2D eigenvalue weighted by molar-refractivity contribution is 0.0951. The molecule has 1 aliphatic heterocycles. The fourth-order valence-electron chi connectivity index (χ4n) is 3.09. The van der Waals surface area contributed by atoms with Crippen molar-refractivity contribution in [2.45, 2.75) is 44.2 Å². The summed E-state index contributed by atoms with van der Waals surface area (Å²) in [5, 5.41) is 7.00. The highest BCUT2D eigenvalue weighted by Crippen LogP contribution is 2.31. The lowest BCUT2D eigenvalue weighted by Crippen LogP contribution is -2.36. The average molecular weight is 445 g/mol. The Hall–Kier alpha value is -1.61. The molecule has 152 valence electrons. The number of carbonyl (C=O) groups excluding carboxylic acids is 1. The van der Waals surface area contributed by atoms with Crippen molar-refractivity contribution in [1.29, 1.82) is 0 Å². The van der Waals surface area contributed by atoms with E-state index >= 15 is 0 Å². The van der Waals surface area contributed by atoms with Gasteiger partial charge in [0.1, 0.15) is 4.90 Å². The molecule has 0 bridgehead atoms. The van der Waals surface area contributed by atoms with E-state index in [0.717, 1.165) is 31.4 Å². The van der Waals surface area contributed by atoms with E-state index in [1.807, 2.05) is 13.1 Å². The van der Waals surface area contributed by atoms with Crippen molar-refractivity contribution in [2.24, 2.45) is 0 Å². The topological polar surface area (TPSA) is 84.3 Å². The summed E-state index contributed by atoms with van der Waals surface area (Å²) in [6, 6.07) is 2.57. The third kappa shape index (κ3) is 4.51. The second kappa shape index (κ2) is 8.82. The zero-order valence-corrected chi connectivity index (χ0v) is 17.8. The number of hydrogen-bond donors (Lipinski definition) is 1. The van der Waals surface area contributed by atoms with E-state index in [0.29, 0.717) is 13.1 Å². The van der Waals surface area contributed by atoms with Crippen LogP contribution in [0.3, 0.4) is 0 Å². The molecule has 1 fully saturated rings. The second-order valence-electron chi connectivity index (χ2n) is 6.61. The molecular weight excluding hydrogens is 423 g/mol. The van der Waals surface area contributed by atoms with Gasteiger partial charge in [-0.1, -0.05) is 29.6 Å². The van der Waals surface area contributed by atoms with Crippen LogP contribution in [-0.4, -0.2) is 41.5 Å². The van der Waals surface area contributed by atoms with Crippen molar-refractivity contribution in [3.8, 4) is 0 Å². The molecule has 0 atom stereocenters. The summed E-state index contributed by atoms with van der Waals surface area (Å²) in [6.45, 7) is 3.85. The molecule has 0 saturated carbocycles. The number of hydrogen-bond acceptors (Lipinski definition) is 4. The lowest BCUT2D eigenvalue weighted by Gasteiger charge is -2.26. The van der Waals surface area contributed by atoms with Gasteiger partial charge in [0, 0.05) is 37.9 Å². The van der Waals surface area contributed by atoms with E-state index in [1.165, 1.54) is 16.4 Å². The third-order valence-corrected chi connectivity index (χ3v) is 7.34. The van der Waals surface area contributed by atoms with Crippen molar-refractivity contribution in [2.75, 3.05) is 13.1 Å². The number of amides is 1. The van der Waals surface area contributed by atoms with Gasteiger partial charge in [-0.2, -0.15) is 9.40 Å². The highest BCUT2D eigenvalue weighted by Gasteiger charge is 2.29. The molecule has 28 heavy (non-hydrogen) atoms. The summed E-state index contributed by atoms with van der Waals surface area (Å²) in [4.78, 5) is 12.5. The minimum Gasteiger partial charge on any atom is -0.348 e. The fourth-order valence-corrected chi connectivity index (χ4v) is 5.44. The van der Waals surface area contributed by atoms with Crippen molar-refractivity contribution in [1.82, 2.24) is 19.4 Å². The summed E-state index contributed by atoms with van der Waals surface area (Å²) < 4.78 is 29.1. The highest BCUT2D eigenvalue weighted by molar-refractivity contribution is 7.89. The summed E-state index contributed by atoms with van der Waals surface area (Å²) in [6.07, 6.45) is 6.12. The van der Waals surface area contributed by atoms with Gasteiger partial charge < -0.3 is 5.32 Å². The van der Waals surface area contributed by atoms with Crippen LogP contribution in [0, 0.1) is 0 Å². The zero-order chi connectivity index (χ0) is 20.3. The molecule has 7 nitrogen and oxygen atoms in total. The first kappa shape index (κ1) is 21.1. The Balaban J connectivity index is 1.83. The Labute approximate surface area is 174 Å². The molecule has 1 saturated heterocycles. The summed E-state index contributed by atoms with van der Waals surface area (Å²) in [5.41, 5.74) is 0.908. The van der Waals surface area contributed by atoms with Crippen LogP contribution in [0.25, 0.3) is 0 Å². The van der Waals surface area contributed by atoms with Crippen LogP contribution < -0.4 is 5.32 Å². The van der Waals surface area contributed by atoms with Gasteiger partial charge in [-0.05, 0) is 31.9 Å². The standard InChI is InChI=1S/C18H22Cl2N4O3S/c1-2-23-12-13(11-22-23)10-21-18(25)14-8-17(16(20)9-15(14)19)28(26,27)24-6-4-3-5-7-24/h8-9,11-12H,2-7,10H2,1H3,(H,21,25). The fraction of sp³-hybridized carbons (Fsp3) is 0.444. The van der Waals surface area contributed by atoms with Crippen LogP contribution in [0.1, 0.15) is 42.1 Å². The Kier molecular flexibility index (Phi) is 6.65. The van der Waals surface area contributed by atoms with Crippen LogP contribution in [0.5, 0.6) is 0 Å². The zero-order valence-electron chi connectivity index (χ0n) is 15.5. The number of sulfonamides is 1. The van der Waals surface area contributed by atoms with Gasteiger partial charge >= 0.3 is 0 Å². The van der Waals surface area contributed by atoms with Crippen LogP contribution in [-0.2, 0) is 23.1 Å². The van der Waals surface area contributed by atoms with Crippen molar-refractivity contribution in [3.63, 3.8) is 0 Å². The maximum absolute atomic E-state index is 13.0. The van der Waals surface area contributed by atoms with Gasteiger partial charge in [-0.3, -0.25) is 9.48 Å². The number of nitrogens with zero attached hydrogens (tertiary/aromatic N) is 3. The maximum atomic E-state index is 13.0. The molecule has 1 N–H and O–H groups in total. The molecule has 0 unspecified atom stereocenters. The van der Waals surface area contributed by atoms with Crippen LogP contribution >= 0.6 is 23.2 Å². The van der Waals surface area contributed by atoms with Gasteiger partial charge in [-0.15, -0.1) is 0 Å². The van der Waals surface area contributed by atoms with Gasteiger partial charge in [0.05, 0.1) is 21.8 Å². The highest BCUT2D eigenvalue weighted by atomic mass is 35.5. The molecule has 1 aromatic carbocycles. The number of nitrogens with one attached hydrogen (secondary N) is 1. The molecule has 0 radical (unpaired) electrons. The largest absolute Gasteiger partial charge is 0.348 e. The van der Waals surface area contributed by atoms with Gasteiger partial charge in [0.2, 0.25) is 10.0 Å². The molecule has 3 rings (SSSR count). The molecule has 1 amide bonds. The van der Waals surface area contributed by atoms with E-state index in [4.69, 9.17) is 23.2 Å². The molecule has 1 aliphatic rings. The van der Waals surface area contributed by atoms with E-state index in [1.54, 1.807) is 10.9 Å². The maximum Gasteiger partial charge on any atom is 0.253 e. The number of rotatable bonds is 6. The van der Waals surface area contributed by atoms with Crippen LogP contribution in [0.4, 0.5) is 0 Å². The lowest BCUT2D eigenvalue weighted by atomic mass is 10.2. The molecular formula is C18H22Cl2N4O3S. The quantitative estimate of drug-likeness (QED) is 0.740. The monoisotopic (exact) mass is 444 g/mol. The molecule has 0 spiro atoms. The number of halogens is 2. The first-order valence-corrected chi connectivity index (χ1v) is 11.3. The van der Waals surface area contributed by atoms with Crippen molar-refractivity contribution in [3.05, 3.63) is 45.7 Å². The molecule has 1 aromatic heterocycles. The molecule has 10 heteroatoms. The minimum atomic E-state index is -3.78. The number of piperidine rings is 1. The predicted octanol–water partition coefficient (Wildman–Crippen LogP) is 3.31. The summed E-state index contributed by atoms with van der Waals surface area (Å²) in [5.74, 6) is -0.471. The van der Waals surface area contributed by atoms with Gasteiger partial charge in [-0.25, -0.2) is 8.42 Å². The Morgan fingerprint density at radius 2 is 1.89 bits per heavy atom. The van der Waals surface area contributed by atoms with Gasteiger partial charge in [0.15, 0.2) is 0 Å². The van der Waals surface area contributed by atoms with E-state index < -0.39 is 15.9 Å². The third-order valence-electron chi connectivity index (χ3n) is 4.66. The number of carbonyl (C=O) groups is 1.